The standard InChI is InChI=1S/C23H21N3O5S/c1-31-23(30)19-16-8-10-26(12-14-5-3-2-4-6-14)13-18(16)32-21(19)25-20(27)15-7-9-24-11-17(15)22(28)29/h2-7,9,11H,8,10,12-13H2,1H3,(H,25,27)(H,28,29). The molecule has 3 aromatic rings. The van der Waals surface area contributed by atoms with Crippen LogP contribution in [0.1, 0.15) is 47.1 Å². The summed E-state index contributed by atoms with van der Waals surface area (Å²) in [6.07, 6.45) is 3.12. The van der Waals surface area contributed by atoms with Gasteiger partial charge in [0.1, 0.15) is 5.00 Å². The third kappa shape index (κ3) is 4.39. The van der Waals surface area contributed by atoms with Crippen LogP contribution in [0.3, 0.4) is 0 Å². The minimum atomic E-state index is -1.25. The molecule has 0 bridgehead atoms. The predicted octanol–water partition coefficient (Wildman–Crippen LogP) is 3.44. The number of carbonyl (C=O) groups excluding carboxylic acids is 2. The maximum absolute atomic E-state index is 12.9. The van der Waals surface area contributed by atoms with Crippen molar-refractivity contribution >= 4 is 34.2 Å². The molecule has 1 aliphatic heterocycles. The third-order valence-electron chi connectivity index (χ3n) is 5.30. The molecule has 0 radical (unpaired) electrons. The molecule has 0 saturated carbocycles. The van der Waals surface area contributed by atoms with Gasteiger partial charge in [-0.05, 0) is 23.6 Å². The Kier molecular flexibility index (Phi) is 6.29. The van der Waals surface area contributed by atoms with E-state index in [0.717, 1.165) is 29.7 Å². The number of rotatable bonds is 6. The summed E-state index contributed by atoms with van der Waals surface area (Å²) in [5.74, 6) is -2.39. The number of hydrogen-bond donors (Lipinski definition) is 2. The van der Waals surface area contributed by atoms with Gasteiger partial charge in [0.25, 0.3) is 5.91 Å². The molecule has 1 aromatic carbocycles. The molecule has 164 valence electrons. The second-order valence-electron chi connectivity index (χ2n) is 7.33. The van der Waals surface area contributed by atoms with E-state index in [1.54, 1.807) is 0 Å². The van der Waals surface area contributed by atoms with Crippen molar-refractivity contribution < 1.29 is 24.2 Å². The SMILES string of the molecule is COC(=O)c1c(NC(=O)c2ccncc2C(=O)O)sc2c1CCN(Cc1ccccc1)C2. The lowest BCUT2D eigenvalue weighted by Crippen LogP contribution is -2.29. The number of carboxylic acids is 1. The molecule has 9 heteroatoms. The van der Waals surface area contributed by atoms with Gasteiger partial charge in [0.15, 0.2) is 0 Å². The number of carbonyl (C=O) groups is 3. The number of hydrogen-bond acceptors (Lipinski definition) is 7. The lowest BCUT2D eigenvalue weighted by atomic mass is 10.0. The molecule has 1 aliphatic rings. The van der Waals surface area contributed by atoms with Crippen LogP contribution in [0.15, 0.2) is 48.8 Å². The van der Waals surface area contributed by atoms with Gasteiger partial charge in [-0.3, -0.25) is 14.7 Å². The number of esters is 1. The van der Waals surface area contributed by atoms with Crippen LogP contribution in [0.5, 0.6) is 0 Å². The summed E-state index contributed by atoms with van der Waals surface area (Å²) in [4.78, 5) is 43.9. The Morgan fingerprint density at radius 3 is 2.69 bits per heavy atom. The summed E-state index contributed by atoms with van der Waals surface area (Å²) in [6.45, 7) is 2.19. The van der Waals surface area contributed by atoms with E-state index in [2.05, 4.69) is 27.3 Å². The molecule has 0 unspecified atom stereocenters. The van der Waals surface area contributed by atoms with Gasteiger partial charge in [-0.1, -0.05) is 30.3 Å². The largest absolute Gasteiger partial charge is 0.478 e. The van der Waals surface area contributed by atoms with Crippen molar-refractivity contribution in [2.75, 3.05) is 19.0 Å². The normalized spacial score (nSPS) is 13.3. The highest BCUT2D eigenvalue weighted by molar-refractivity contribution is 7.17. The number of anilines is 1. The maximum Gasteiger partial charge on any atom is 0.341 e. The number of aromatic nitrogens is 1. The second kappa shape index (κ2) is 9.29. The summed E-state index contributed by atoms with van der Waals surface area (Å²) in [6, 6.07) is 11.5. The van der Waals surface area contributed by atoms with Crippen molar-refractivity contribution in [1.29, 1.82) is 0 Å². The molecule has 0 spiro atoms. The monoisotopic (exact) mass is 451 g/mol. The average Bonchev–Trinajstić information content (AvgIpc) is 3.16. The molecule has 0 atom stereocenters. The first-order chi connectivity index (χ1) is 15.5. The summed E-state index contributed by atoms with van der Waals surface area (Å²) in [7, 11) is 1.30. The summed E-state index contributed by atoms with van der Waals surface area (Å²) in [5.41, 5.74) is 2.18. The molecule has 32 heavy (non-hydrogen) atoms. The van der Waals surface area contributed by atoms with E-state index in [1.165, 1.54) is 36.3 Å². The summed E-state index contributed by atoms with van der Waals surface area (Å²) < 4.78 is 4.97. The number of amides is 1. The Hall–Kier alpha value is -3.56. The van der Waals surface area contributed by atoms with Crippen LogP contribution in [-0.4, -0.2) is 46.5 Å². The fourth-order valence-corrected chi connectivity index (χ4v) is 5.05. The second-order valence-corrected chi connectivity index (χ2v) is 8.43. The number of fused-ring (bicyclic) bond motifs is 1. The van der Waals surface area contributed by atoms with E-state index in [1.807, 2.05) is 18.2 Å². The average molecular weight is 452 g/mol. The number of thiophene rings is 1. The molecule has 0 fully saturated rings. The van der Waals surface area contributed by atoms with Crippen molar-refractivity contribution in [2.45, 2.75) is 19.5 Å². The highest BCUT2D eigenvalue weighted by Gasteiger charge is 2.30. The molecule has 0 saturated heterocycles. The number of ether oxygens (including phenoxy) is 1. The van der Waals surface area contributed by atoms with E-state index in [4.69, 9.17) is 4.74 Å². The molecule has 0 aliphatic carbocycles. The minimum Gasteiger partial charge on any atom is -0.478 e. The highest BCUT2D eigenvalue weighted by Crippen LogP contribution is 2.38. The van der Waals surface area contributed by atoms with Crippen molar-refractivity contribution in [3.05, 3.63) is 81.5 Å². The molecular weight excluding hydrogens is 430 g/mol. The smallest absolute Gasteiger partial charge is 0.341 e. The summed E-state index contributed by atoms with van der Waals surface area (Å²) in [5, 5.41) is 12.4. The fourth-order valence-electron chi connectivity index (χ4n) is 3.77. The molecule has 2 N–H and O–H groups in total. The van der Waals surface area contributed by atoms with Crippen LogP contribution >= 0.6 is 11.3 Å². The zero-order chi connectivity index (χ0) is 22.7. The van der Waals surface area contributed by atoms with Gasteiger partial charge in [-0.25, -0.2) is 9.59 Å². The molecule has 2 aromatic heterocycles. The maximum atomic E-state index is 12.9. The fraction of sp³-hybridized carbons (Fsp3) is 0.217. The lowest BCUT2D eigenvalue weighted by molar-refractivity contribution is 0.0599. The Labute approximate surface area is 188 Å². The Bertz CT molecular complexity index is 1180. The Morgan fingerprint density at radius 2 is 1.97 bits per heavy atom. The van der Waals surface area contributed by atoms with Crippen LogP contribution in [0.2, 0.25) is 0 Å². The molecule has 8 nitrogen and oxygen atoms in total. The van der Waals surface area contributed by atoms with Crippen molar-refractivity contribution in [3.8, 4) is 0 Å². The molecule has 3 heterocycles. The highest BCUT2D eigenvalue weighted by atomic mass is 32.1. The van der Waals surface area contributed by atoms with Gasteiger partial charge < -0.3 is 15.2 Å². The third-order valence-corrected chi connectivity index (χ3v) is 6.43. The first kappa shape index (κ1) is 21.7. The number of nitrogens with one attached hydrogen (secondary N) is 1. The Morgan fingerprint density at radius 1 is 1.19 bits per heavy atom. The molecule has 1 amide bonds. The van der Waals surface area contributed by atoms with Crippen LogP contribution in [0.25, 0.3) is 0 Å². The zero-order valence-electron chi connectivity index (χ0n) is 17.3. The number of aromatic carboxylic acids is 1. The number of benzene rings is 1. The zero-order valence-corrected chi connectivity index (χ0v) is 18.1. The number of pyridine rings is 1. The van der Waals surface area contributed by atoms with E-state index in [0.29, 0.717) is 23.5 Å². The first-order valence-electron chi connectivity index (χ1n) is 9.95. The number of carboxylic acid groups (broad SMARTS) is 1. The van der Waals surface area contributed by atoms with Crippen molar-refractivity contribution in [1.82, 2.24) is 9.88 Å². The van der Waals surface area contributed by atoms with Gasteiger partial charge in [-0.15, -0.1) is 11.3 Å². The number of methoxy groups -OCH3 is 1. The van der Waals surface area contributed by atoms with E-state index < -0.39 is 17.8 Å². The Balaban J connectivity index is 1.62. The molecular formula is C23H21N3O5S. The van der Waals surface area contributed by atoms with Gasteiger partial charge in [0, 0.05) is 36.9 Å². The first-order valence-corrected chi connectivity index (χ1v) is 10.8. The van der Waals surface area contributed by atoms with Gasteiger partial charge in [0.2, 0.25) is 0 Å². The van der Waals surface area contributed by atoms with Gasteiger partial charge in [0.05, 0.1) is 23.8 Å². The lowest BCUT2D eigenvalue weighted by Gasteiger charge is -2.27. The van der Waals surface area contributed by atoms with Crippen LogP contribution in [-0.2, 0) is 24.2 Å². The minimum absolute atomic E-state index is 0.0274. The predicted molar refractivity (Wildman–Crippen MR) is 119 cm³/mol. The summed E-state index contributed by atoms with van der Waals surface area (Å²) >= 11 is 1.32. The topological polar surface area (TPSA) is 109 Å². The van der Waals surface area contributed by atoms with Crippen LogP contribution < -0.4 is 5.32 Å². The molecule has 4 rings (SSSR count). The van der Waals surface area contributed by atoms with Gasteiger partial charge >= 0.3 is 11.9 Å². The quantitative estimate of drug-likeness (QED) is 0.553. The van der Waals surface area contributed by atoms with Crippen molar-refractivity contribution in [3.63, 3.8) is 0 Å². The van der Waals surface area contributed by atoms with E-state index >= 15 is 0 Å². The number of nitrogens with zero attached hydrogens (tertiary/aromatic N) is 2. The van der Waals surface area contributed by atoms with E-state index in [-0.39, 0.29) is 11.1 Å². The van der Waals surface area contributed by atoms with Crippen LogP contribution in [0.4, 0.5) is 5.00 Å². The van der Waals surface area contributed by atoms with Crippen molar-refractivity contribution in [2.24, 2.45) is 0 Å². The van der Waals surface area contributed by atoms with Gasteiger partial charge in [-0.2, -0.15) is 0 Å². The van der Waals surface area contributed by atoms with Crippen LogP contribution in [0, 0.1) is 0 Å². The van der Waals surface area contributed by atoms with E-state index in [9.17, 15) is 19.5 Å².